The molecule has 0 saturated carbocycles. The molecule has 0 aliphatic heterocycles. The first-order chi connectivity index (χ1) is 11.1. The second kappa shape index (κ2) is 6.39. The van der Waals surface area contributed by atoms with E-state index >= 15 is 0 Å². The number of aromatic nitrogens is 2. The van der Waals surface area contributed by atoms with Crippen LogP contribution >= 0.6 is 0 Å². The summed E-state index contributed by atoms with van der Waals surface area (Å²) >= 11 is 0. The molecular weight excluding hydrogens is 296 g/mol. The number of aliphatic carboxylic acids is 1. The lowest BCUT2D eigenvalue weighted by Crippen LogP contribution is -2.36. The highest BCUT2D eigenvalue weighted by atomic mass is 16.5. The topological polar surface area (TPSA) is 80.4 Å². The molecule has 6 heteroatoms. The Morgan fingerprint density at radius 3 is 2.70 bits per heavy atom. The van der Waals surface area contributed by atoms with Gasteiger partial charge in [0.2, 0.25) is 5.52 Å². The molecule has 116 valence electrons. The largest absolute Gasteiger partial charge is 0.481 e. The van der Waals surface area contributed by atoms with Crippen LogP contribution in [-0.4, -0.2) is 22.0 Å². The average molecular weight is 311 g/mol. The van der Waals surface area contributed by atoms with Crippen molar-refractivity contribution >= 4 is 33.7 Å². The van der Waals surface area contributed by atoms with E-state index in [0.29, 0.717) is 0 Å². The number of carboxylic acids is 1. The number of hydrogen-bond donors (Lipinski definition) is 1. The molecule has 0 saturated heterocycles. The molecule has 0 amide bonds. The van der Waals surface area contributed by atoms with E-state index in [2.05, 4.69) is 4.98 Å². The van der Waals surface area contributed by atoms with Crippen molar-refractivity contribution in [3.8, 4) is 0 Å². The third-order valence-electron chi connectivity index (χ3n) is 3.52. The standard InChI is InChI=1S/C17H14N2O4/c20-14(21)7-8-15(22)23-11-19-10-2-4-13-6-5-12-3-1-9-18-16(12)17(13)19/h1-6,9-10H,7-8,11H2/p+1. The SMILES string of the molecule is O=C(O)CCC(=O)OC[n+]1cccc2ccc3cccnc3c21. The summed E-state index contributed by atoms with van der Waals surface area (Å²) in [6.07, 6.45) is 3.15. The highest BCUT2D eigenvalue weighted by Crippen LogP contribution is 2.20. The molecule has 1 N–H and O–H groups in total. The lowest BCUT2D eigenvalue weighted by atomic mass is 10.1. The first-order valence-corrected chi connectivity index (χ1v) is 7.18. The Balaban J connectivity index is 1.90. The monoisotopic (exact) mass is 311 g/mol. The van der Waals surface area contributed by atoms with E-state index in [1.54, 1.807) is 17.0 Å². The maximum Gasteiger partial charge on any atom is 0.311 e. The zero-order valence-electron chi connectivity index (χ0n) is 12.3. The highest BCUT2D eigenvalue weighted by molar-refractivity contribution is 6.00. The number of rotatable bonds is 5. The molecule has 2 heterocycles. The minimum Gasteiger partial charge on any atom is -0.481 e. The Morgan fingerprint density at radius 1 is 1.09 bits per heavy atom. The molecule has 0 aliphatic rings. The number of benzene rings is 1. The quantitative estimate of drug-likeness (QED) is 0.443. The summed E-state index contributed by atoms with van der Waals surface area (Å²) in [5.41, 5.74) is 1.70. The summed E-state index contributed by atoms with van der Waals surface area (Å²) < 4.78 is 6.96. The molecule has 3 aromatic rings. The van der Waals surface area contributed by atoms with Gasteiger partial charge in [0.15, 0.2) is 6.20 Å². The van der Waals surface area contributed by atoms with Gasteiger partial charge in [0.05, 0.1) is 12.8 Å². The lowest BCUT2D eigenvalue weighted by Gasteiger charge is -2.05. The predicted molar refractivity (Wildman–Crippen MR) is 82.4 cm³/mol. The summed E-state index contributed by atoms with van der Waals surface area (Å²) in [4.78, 5) is 26.5. The van der Waals surface area contributed by atoms with E-state index in [0.717, 1.165) is 21.8 Å². The second-order valence-corrected chi connectivity index (χ2v) is 5.10. The Kier molecular flexibility index (Phi) is 4.14. The maximum absolute atomic E-state index is 11.6. The van der Waals surface area contributed by atoms with Crippen molar-refractivity contribution in [1.82, 2.24) is 4.98 Å². The van der Waals surface area contributed by atoms with E-state index in [9.17, 15) is 9.59 Å². The van der Waals surface area contributed by atoms with Crippen molar-refractivity contribution in [2.45, 2.75) is 19.6 Å². The Labute approximate surface area is 131 Å². The fourth-order valence-electron chi connectivity index (χ4n) is 2.44. The number of carboxylic acid groups (broad SMARTS) is 1. The number of fused-ring (bicyclic) bond motifs is 3. The number of ether oxygens (including phenoxy) is 1. The molecule has 0 radical (unpaired) electrons. The molecule has 0 unspecified atom stereocenters. The van der Waals surface area contributed by atoms with Gasteiger partial charge in [-0.3, -0.25) is 9.59 Å². The van der Waals surface area contributed by atoms with Crippen molar-refractivity contribution in [2.75, 3.05) is 0 Å². The Bertz CT molecular complexity index is 892. The molecule has 23 heavy (non-hydrogen) atoms. The smallest absolute Gasteiger partial charge is 0.311 e. The first-order valence-electron chi connectivity index (χ1n) is 7.18. The van der Waals surface area contributed by atoms with E-state index in [-0.39, 0.29) is 19.6 Å². The number of nitrogens with zero attached hydrogens (tertiary/aromatic N) is 2. The van der Waals surface area contributed by atoms with Crippen LogP contribution < -0.4 is 4.57 Å². The number of hydrogen-bond acceptors (Lipinski definition) is 4. The molecule has 2 aromatic heterocycles. The van der Waals surface area contributed by atoms with Gasteiger partial charge >= 0.3 is 11.9 Å². The lowest BCUT2D eigenvalue weighted by molar-refractivity contribution is -0.703. The summed E-state index contributed by atoms with van der Waals surface area (Å²) in [5, 5.41) is 10.6. The van der Waals surface area contributed by atoms with Crippen LogP contribution in [-0.2, 0) is 21.1 Å². The Hall–Kier alpha value is -3.02. The summed E-state index contributed by atoms with van der Waals surface area (Å²) in [7, 11) is 0. The molecule has 0 aliphatic carbocycles. The molecule has 3 rings (SSSR count). The van der Waals surface area contributed by atoms with Crippen LogP contribution in [0.15, 0.2) is 48.8 Å². The van der Waals surface area contributed by atoms with Gasteiger partial charge in [0, 0.05) is 23.0 Å². The summed E-state index contributed by atoms with van der Waals surface area (Å²) in [5.74, 6) is -1.56. The van der Waals surface area contributed by atoms with Gasteiger partial charge in [0.25, 0.3) is 6.73 Å². The minimum atomic E-state index is -1.02. The molecule has 1 aromatic carbocycles. The van der Waals surface area contributed by atoms with Gasteiger partial charge in [-0.25, -0.2) is 4.98 Å². The molecule has 0 fully saturated rings. The molecule has 0 spiro atoms. The van der Waals surface area contributed by atoms with E-state index in [4.69, 9.17) is 9.84 Å². The fraction of sp³-hybridized carbons (Fsp3) is 0.176. The van der Waals surface area contributed by atoms with Crippen LogP contribution in [0.1, 0.15) is 12.8 Å². The van der Waals surface area contributed by atoms with Gasteiger partial charge in [-0.2, -0.15) is 4.57 Å². The zero-order chi connectivity index (χ0) is 16.2. The minimum absolute atomic E-state index is 0.0193. The molecular formula is C17H15N2O4+. The van der Waals surface area contributed by atoms with Crippen LogP contribution in [0.2, 0.25) is 0 Å². The van der Waals surface area contributed by atoms with Gasteiger partial charge in [-0.15, -0.1) is 0 Å². The molecule has 6 nitrogen and oxygen atoms in total. The number of carbonyl (C=O) groups excluding carboxylic acids is 1. The third kappa shape index (κ3) is 3.26. The van der Waals surface area contributed by atoms with Crippen molar-refractivity contribution in [1.29, 1.82) is 0 Å². The van der Waals surface area contributed by atoms with Crippen molar-refractivity contribution in [3.05, 3.63) is 48.8 Å². The van der Waals surface area contributed by atoms with Gasteiger partial charge in [-0.05, 0) is 18.2 Å². The van der Waals surface area contributed by atoms with Crippen molar-refractivity contribution < 1.29 is 24.0 Å². The molecule has 0 bridgehead atoms. The third-order valence-corrected chi connectivity index (χ3v) is 3.52. The van der Waals surface area contributed by atoms with Crippen LogP contribution in [0.5, 0.6) is 0 Å². The predicted octanol–water partition coefficient (Wildman–Crippen LogP) is 2.04. The summed E-state index contributed by atoms with van der Waals surface area (Å²) in [6.45, 7) is 0.0193. The van der Waals surface area contributed by atoms with Crippen molar-refractivity contribution in [2.24, 2.45) is 0 Å². The maximum atomic E-state index is 11.6. The first kappa shape index (κ1) is 14.9. The van der Waals surface area contributed by atoms with Crippen LogP contribution in [0.3, 0.4) is 0 Å². The van der Waals surface area contributed by atoms with Crippen molar-refractivity contribution in [3.63, 3.8) is 0 Å². The van der Waals surface area contributed by atoms with Crippen LogP contribution in [0.25, 0.3) is 21.8 Å². The normalized spacial score (nSPS) is 10.8. The number of carbonyl (C=O) groups is 2. The van der Waals surface area contributed by atoms with Gasteiger partial charge < -0.3 is 9.84 Å². The number of esters is 1. The van der Waals surface area contributed by atoms with E-state index in [1.165, 1.54) is 0 Å². The van der Waals surface area contributed by atoms with E-state index in [1.807, 2.05) is 36.4 Å². The Morgan fingerprint density at radius 2 is 1.87 bits per heavy atom. The molecule has 0 atom stereocenters. The van der Waals surface area contributed by atoms with Gasteiger partial charge in [0.1, 0.15) is 5.52 Å². The fourth-order valence-corrected chi connectivity index (χ4v) is 2.44. The highest BCUT2D eigenvalue weighted by Gasteiger charge is 2.15. The van der Waals surface area contributed by atoms with E-state index < -0.39 is 11.9 Å². The average Bonchev–Trinajstić information content (AvgIpc) is 2.57. The number of pyridine rings is 2. The van der Waals surface area contributed by atoms with Crippen LogP contribution in [0, 0.1) is 0 Å². The van der Waals surface area contributed by atoms with Gasteiger partial charge in [-0.1, -0.05) is 12.1 Å². The van der Waals surface area contributed by atoms with Crippen LogP contribution in [0.4, 0.5) is 0 Å². The zero-order valence-corrected chi connectivity index (χ0v) is 12.3. The second-order valence-electron chi connectivity index (χ2n) is 5.10. The summed E-state index contributed by atoms with van der Waals surface area (Å²) in [6, 6.07) is 11.6.